The second kappa shape index (κ2) is 8.28. The SMILES string of the molecule is COc1cc(CNC(=O)c2ccc(C)c(S(N)(=O)=O)c2)cc(OC)c1OC. The van der Waals surface area contributed by atoms with Gasteiger partial charge in [0.1, 0.15) is 0 Å². The van der Waals surface area contributed by atoms with Crippen molar-refractivity contribution >= 4 is 15.9 Å². The number of rotatable bonds is 7. The van der Waals surface area contributed by atoms with Gasteiger partial charge >= 0.3 is 0 Å². The molecule has 2 aromatic rings. The van der Waals surface area contributed by atoms with Gasteiger partial charge in [-0.05, 0) is 42.3 Å². The first-order valence-corrected chi connectivity index (χ1v) is 9.46. The number of sulfonamides is 1. The van der Waals surface area contributed by atoms with Crippen LogP contribution in [0.25, 0.3) is 0 Å². The highest BCUT2D eigenvalue weighted by atomic mass is 32.2. The Morgan fingerprint density at radius 3 is 2.11 bits per heavy atom. The van der Waals surface area contributed by atoms with E-state index in [1.54, 1.807) is 19.1 Å². The molecule has 0 saturated carbocycles. The molecule has 0 aliphatic rings. The molecule has 2 aromatic carbocycles. The Bertz CT molecular complexity index is 931. The highest BCUT2D eigenvalue weighted by Crippen LogP contribution is 2.38. The van der Waals surface area contributed by atoms with E-state index >= 15 is 0 Å². The van der Waals surface area contributed by atoms with Crippen molar-refractivity contribution in [3.05, 3.63) is 47.0 Å². The molecule has 0 atom stereocenters. The minimum atomic E-state index is -3.91. The van der Waals surface area contributed by atoms with Crippen LogP contribution in [-0.4, -0.2) is 35.7 Å². The van der Waals surface area contributed by atoms with Crippen molar-refractivity contribution in [1.29, 1.82) is 0 Å². The highest BCUT2D eigenvalue weighted by Gasteiger charge is 2.16. The van der Waals surface area contributed by atoms with Crippen molar-refractivity contribution in [2.45, 2.75) is 18.4 Å². The molecule has 0 aliphatic heterocycles. The molecule has 0 spiro atoms. The van der Waals surface area contributed by atoms with Gasteiger partial charge in [0.25, 0.3) is 5.91 Å². The number of nitrogens with two attached hydrogens (primary N) is 1. The Kier molecular flexibility index (Phi) is 6.29. The third kappa shape index (κ3) is 4.69. The lowest BCUT2D eigenvalue weighted by atomic mass is 10.1. The first-order valence-electron chi connectivity index (χ1n) is 7.91. The molecule has 27 heavy (non-hydrogen) atoms. The first kappa shape index (κ1) is 20.5. The molecular weight excluding hydrogens is 372 g/mol. The zero-order chi connectivity index (χ0) is 20.2. The molecule has 0 aromatic heterocycles. The van der Waals surface area contributed by atoms with E-state index in [2.05, 4.69) is 5.32 Å². The molecule has 0 saturated heterocycles. The molecule has 9 heteroatoms. The molecule has 0 aliphatic carbocycles. The van der Waals surface area contributed by atoms with Gasteiger partial charge in [-0.25, -0.2) is 13.6 Å². The van der Waals surface area contributed by atoms with Gasteiger partial charge in [-0.2, -0.15) is 0 Å². The summed E-state index contributed by atoms with van der Waals surface area (Å²) in [5.41, 5.74) is 1.38. The molecule has 0 unspecified atom stereocenters. The maximum Gasteiger partial charge on any atom is 0.251 e. The number of amides is 1. The molecule has 0 bridgehead atoms. The monoisotopic (exact) mass is 394 g/mol. The average molecular weight is 394 g/mol. The van der Waals surface area contributed by atoms with Gasteiger partial charge in [-0.1, -0.05) is 6.07 Å². The number of aryl methyl sites for hydroxylation is 1. The van der Waals surface area contributed by atoms with Gasteiger partial charge in [0.15, 0.2) is 11.5 Å². The highest BCUT2D eigenvalue weighted by molar-refractivity contribution is 7.89. The van der Waals surface area contributed by atoms with Crippen LogP contribution in [0.2, 0.25) is 0 Å². The van der Waals surface area contributed by atoms with E-state index in [1.807, 2.05) is 0 Å². The van der Waals surface area contributed by atoms with Gasteiger partial charge in [-0.3, -0.25) is 4.79 Å². The molecular formula is C18H22N2O6S. The number of methoxy groups -OCH3 is 3. The van der Waals surface area contributed by atoms with Crippen LogP contribution >= 0.6 is 0 Å². The normalized spacial score (nSPS) is 11.0. The molecule has 0 heterocycles. The van der Waals surface area contributed by atoms with Crippen LogP contribution in [0.1, 0.15) is 21.5 Å². The average Bonchev–Trinajstić information content (AvgIpc) is 2.64. The van der Waals surface area contributed by atoms with Crippen LogP contribution in [0.3, 0.4) is 0 Å². The third-order valence-corrected chi connectivity index (χ3v) is 4.99. The van der Waals surface area contributed by atoms with E-state index in [0.29, 0.717) is 22.8 Å². The number of carbonyl (C=O) groups excluding carboxylic acids is 1. The largest absolute Gasteiger partial charge is 0.493 e. The fraction of sp³-hybridized carbons (Fsp3) is 0.278. The van der Waals surface area contributed by atoms with Gasteiger partial charge in [0.05, 0.1) is 26.2 Å². The van der Waals surface area contributed by atoms with E-state index in [9.17, 15) is 13.2 Å². The van der Waals surface area contributed by atoms with E-state index in [1.165, 1.54) is 39.5 Å². The van der Waals surface area contributed by atoms with Gasteiger partial charge in [0, 0.05) is 12.1 Å². The van der Waals surface area contributed by atoms with E-state index in [4.69, 9.17) is 19.3 Å². The zero-order valence-corrected chi connectivity index (χ0v) is 16.3. The molecule has 0 radical (unpaired) electrons. The molecule has 0 fully saturated rings. The Labute approximate surface area is 158 Å². The summed E-state index contributed by atoms with van der Waals surface area (Å²) in [5, 5.41) is 7.91. The number of benzene rings is 2. The fourth-order valence-corrected chi connectivity index (χ4v) is 3.38. The second-order valence-corrected chi connectivity index (χ2v) is 7.27. The summed E-state index contributed by atoms with van der Waals surface area (Å²) in [5.74, 6) is 0.945. The first-order chi connectivity index (χ1) is 12.7. The van der Waals surface area contributed by atoms with Crippen LogP contribution in [0, 0.1) is 6.92 Å². The van der Waals surface area contributed by atoms with Gasteiger partial charge in [0.2, 0.25) is 15.8 Å². The molecule has 2 rings (SSSR count). The predicted molar refractivity (Wildman–Crippen MR) is 99.8 cm³/mol. The van der Waals surface area contributed by atoms with Gasteiger partial charge < -0.3 is 19.5 Å². The van der Waals surface area contributed by atoms with Crippen molar-refractivity contribution in [1.82, 2.24) is 5.32 Å². The zero-order valence-electron chi connectivity index (χ0n) is 15.5. The number of hydrogen-bond donors (Lipinski definition) is 2. The van der Waals surface area contributed by atoms with E-state index in [0.717, 1.165) is 5.56 Å². The fourth-order valence-electron chi connectivity index (χ4n) is 2.57. The van der Waals surface area contributed by atoms with E-state index < -0.39 is 15.9 Å². The minimum absolute atomic E-state index is 0.0806. The Morgan fingerprint density at radius 1 is 1.04 bits per heavy atom. The smallest absolute Gasteiger partial charge is 0.251 e. The van der Waals surface area contributed by atoms with Crippen molar-refractivity contribution in [2.24, 2.45) is 5.14 Å². The number of ether oxygens (including phenoxy) is 3. The van der Waals surface area contributed by atoms with E-state index in [-0.39, 0.29) is 17.0 Å². The maximum absolute atomic E-state index is 12.4. The Hall–Kier alpha value is -2.78. The third-order valence-electron chi connectivity index (χ3n) is 3.93. The summed E-state index contributed by atoms with van der Waals surface area (Å²) in [6.07, 6.45) is 0. The number of nitrogens with one attached hydrogen (secondary N) is 1. The summed E-state index contributed by atoms with van der Waals surface area (Å²) in [7, 11) is 0.594. The topological polar surface area (TPSA) is 117 Å². The van der Waals surface area contributed by atoms with Crippen molar-refractivity contribution in [2.75, 3.05) is 21.3 Å². The molecule has 146 valence electrons. The Morgan fingerprint density at radius 2 is 1.63 bits per heavy atom. The summed E-state index contributed by atoms with van der Waals surface area (Å²) < 4.78 is 39.0. The number of hydrogen-bond acceptors (Lipinski definition) is 6. The van der Waals surface area contributed by atoms with Crippen molar-refractivity contribution < 1.29 is 27.4 Å². The minimum Gasteiger partial charge on any atom is -0.493 e. The number of primary sulfonamides is 1. The summed E-state index contributed by atoms with van der Waals surface area (Å²) >= 11 is 0. The van der Waals surface area contributed by atoms with Crippen molar-refractivity contribution in [3.8, 4) is 17.2 Å². The van der Waals surface area contributed by atoms with Gasteiger partial charge in [-0.15, -0.1) is 0 Å². The molecule has 8 nitrogen and oxygen atoms in total. The van der Waals surface area contributed by atoms with Crippen LogP contribution in [0.5, 0.6) is 17.2 Å². The summed E-state index contributed by atoms with van der Waals surface area (Å²) in [6, 6.07) is 7.76. The van der Waals surface area contributed by atoms with Crippen molar-refractivity contribution in [3.63, 3.8) is 0 Å². The summed E-state index contributed by atoms with van der Waals surface area (Å²) in [6.45, 7) is 1.78. The molecule has 3 N–H and O–H groups in total. The summed E-state index contributed by atoms with van der Waals surface area (Å²) in [4.78, 5) is 12.3. The lowest BCUT2D eigenvalue weighted by molar-refractivity contribution is 0.0950. The molecule has 1 amide bonds. The van der Waals surface area contributed by atoms with Crippen LogP contribution in [-0.2, 0) is 16.6 Å². The Balaban J connectivity index is 2.23. The quantitative estimate of drug-likeness (QED) is 0.737. The second-order valence-electron chi connectivity index (χ2n) is 5.74. The van der Waals surface area contributed by atoms with Crippen LogP contribution in [0.4, 0.5) is 0 Å². The maximum atomic E-state index is 12.4. The standard InChI is InChI=1S/C18H22N2O6S/c1-11-5-6-13(9-16(11)27(19,22)23)18(21)20-10-12-7-14(24-2)17(26-4)15(8-12)25-3/h5-9H,10H2,1-4H3,(H,20,21)(H2,19,22,23). The van der Waals surface area contributed by atoms with Crippen LogP contribution < -0.4 is 24.7 Å². The lowest BCUT2D eigenvalue weighted by Gasteiger charge is -2.14. The lowest BCUT2D eigenvalue weighted by Crippen LogP contribution is -2.23. The van der Waals surface area contributed by atoms with Crippen LogP contribution in [0.15, 0.2) is 35.2 Å². The number of carbonyl (C=O) groups is 1. The predicted octanol–water partition coefficient (Wildman–Crippen LogP) is 1.60.